The van der Waals surface area contributed by atoms with Gasteiger partial charge in [0, 0.05) is 38.8 Å². The summed E-state index contributed by atoms with van der Waals surface area (Å²) in [5, 5.41) is 3.52. The lowest BCUT2D eigenvalue weighted by atomic mass is 10.2. The highest BCUT2D eigenvalue weighted by Gasteiger charge is 2.18. The summed E-state index contributed by atoms with van der Waals surface area (Å²) in [5.74, 6) is 0. The molecule has 1 saturated heterocycles. The summed E-state index contributed by atoms with van der Waals surface area (Å²) in [5.41, 5.74) is 0. The van der Waals surface area contributed by atoms with Gasteiger partial charge in [-0.05, 0) is 20.3 Å². The molecule has 0 amide bonds. The lowest BCUT2D eigenvalue weighted by Gasteiger charge is -2.25. The van der Waals surface area contributed by atoms with Crippen LogP contribution in [0.2, 0.25) is 0 Å². The molecule has 1 fully saturated rings. The Kier molecular flexibility index (Phi) is 4.70. The molecule has 3 heteroatoms. The highest BCUT2D eigenvalue weighted by Crippen LogP contribution is 2.06. The van der Waals surface area contributed by atoms with Crippen LogP contribution < -0.4 is 5.32 Å². The largest absolute Gasteiger partial charge is 0.383 e. The van der Waals surface area contributed by atoms with Gasteiger partial charge in [-0.25, -0.2) is 0 Å². The van der Waals surface area contributed by atoms with E-state index in [0.717, 1.165) is 19.7 Å². The van der Waals surface area contributed by atoms with Crippen LogP contribution in [0.1, 0.15) is 20.3 Å². The maximum atomic E-state index is 5.10. The molecule has 3 nitrogen and oxygen atoms in total. The zero-order valence-corrected chi connectivity index (χ0v) is 9.05. The summed E-state index contributed by atoms with van der Waals surface area (Å²) in [6.45, 7) is 8.74. The third-order valence-corrected chi connectivity index (χ3v) is 2.82. The number of nitrogens with one attached hydrogen (secondary N) is 1. The first-order valence-corrected chi connectivity index (χ1v) is 5.20. The number of methoxy groups -OCH3 is 1. The molecular formula is C10H22N2O. The summed E-state index contributed by atoms with van der Waals surface area (Å²) < 4.78 is 5.10. The Balaban J connectivity index is 2.33. The molecule has 1 rings (SSSR count). The van der Waals surface area contributed by atoms with Crippen LogP contribution in [-0.4, -0.2) is 50.3 Å². The fraction of sp³-hybridized carbons (Fsp3) is 1.00. The molecule has 0 aromatic rings. The smallest absolute Gasteiger partial charge is 0.0589 e. The topological polar surface area (TPSA) is 24.5 Å². The number of nitrogens with zero attached hydrogens (tertiary/aromatic N) is 1. The number of hydrogen-bond acceptors (Lipinski definition) is 3. The third-order valence-electron chi connectivity index (χ3n) is 2.82. The monoisotopic (exact) mass is 186 g/mol. The third kappa shape index (κ3) is 3.63. The van der Waals surface area contributed by atoms with Crippen LogP contribution in [0.5, 0.6) is 0 Å². The minimum Gasteiger partial charge on any atom is -0.383 e. The fourth-order valence-electron chi connectivity index (χ4n) is 1.72. The molecule has 0 saturated carbocycles. The molecule has 78 valence electrons. The van der Waals surface area contributed by atoms with Gasteiger partial charge in [-0.1, -0.05) is 0 Å². The van der Waals surface area contributed by atoms with Gasteiger partial charge in [0.15, 0.2) is 0 Å². The minimum absolute atomic E-state index is 0.639. The highest BCUT2D eigenvalue weighted by molar-refractivity contribution is 4.77. The van der Waals surface area contributed by atoms with Gasteiger partial charge in [0.05, 0.1) is 6.61 Å². The molecule has 0 aromatic carbocycles. The Morgan fingerprint density at radius 2 is 2.23 bits per heavy atom. The van der Waals surface area contributed by atoms with E-state index in [-0.39, 0.29) is 0 Å². The molecule has 13 heavy (non-hydrogen) atoms. The van der Waals surface area contributed by atoms with E-state index in [1.54, 1.807) is 7.11 Å². The second-order valence-corrected chi connectivity index (χ2v) is 3.98. The van der Waals surface area contributed by atoms with Crippen molar-refractivity contribution in [3.8, 4) is 0 Å². The SMILES string of the molecule is COCCN1CCC(C)NCC1C. The van der Waals surface area contributed by atoms with Crippen LogP contribution in [0, 0.1) is 0 Å². The second kappa shape index (κ2) is 5.58. The van der Waals surface area contributed by atoms with Gasteiger partial charge in [-0.2, -0.15) is 0 Å². The first kappa shape index (κ1) is 11.0. The quantitative estimate of drug-likeness (QED) is 0.702. The number of rotatable bonds is 3. The van der Waals surface area contributed by atoms with Crippen LogP contribution in [0.4, 0.5) is 0 Å². The molecule has 2 atom stereocenters. The zero-order chi connectivity index (χ0) is 9.68. The van der Waals surface area contributed by atoms with E-state index in [4.69, 9.17) is 4.74 Å². The summed E-state index contributed by atoms with van der Waals surface area (Å²) in [6, 6.07) is 1.30. The Labute approximate surface area is 81.4 Å². The van der Waals surface area contributed by atoms with Crippen molar-refractivity contribution >= 4 is 0 Å². The summed E-state index contributed by atoms with van der Waals surface area (Å²) in [6.07, 6.45) is 1.24. The van der Waals surface area contributed by atoms with Crippen molar-refractivity contribution in [2.45, 2.75) is 32.4 Å². The normalized spacial score (nSPS) is 31.6. The summed E-state index contributed by atoms with van der Waals surface area (Å²) in [7, 11) is 1.77. The van der Waals surface area contributed by atoms with E-state index in [9.17, 15) is 0 Å². The van der Waals surface area contributed by atoms with Gasteiger partial charge in [0.25, 0.3) is 0 Å². The van der Waals surface area contributed by atoms with Gasteiger partial charge in [-0.15, -0.1) is 0 Å². The molecular weight excluding hydrogens is 164 g/mol. The van der Waals surface area contributed by atoms with Gasteiger partial charge in [-0.3, -0.25) is 4.90 Å². The standard InChI is InChI=1S/C10H22N2O/c1-9-4-5-12(6-7-13-3)10(2)8-11-9/h9-11H,4-8H2,1-3H3. The molecule has 1 aliphatic rings. The van der Waals surface area contributed by atoms with Crippen molar-refractivity contribution in [3.05, 3.63) is 0 Å². The molecule has 2 unspecified atom stereocenters. The Hall–Kier alpha value is -0.120. The van der Waals surface area contributed by atoms with Crippen molar-refractivity contribution in [1.82, 2.24) is 10.2 Å². The Morgan fingerprint density at radius 3 is 2.92 bits per heavy atom. The zero-order valence-electron chi connectivity index (χ0n) is 9.05. The van der Waals surface area contributed by atoms with E-state index in [2.05, 4.69) is 24.1 Å². The van der Waals surface area contributed by atoms with Gasteiger partial charge < -0.3 is 10.1 Å². The molecule has 1 heterocycles. The molecule has 1 N–H and O–H groups in total. The van der Waals surface area contributed by atoms with Gasteiger partial charge >= 0.3 is 0 Å². The van der Waals surface area contributed by atoms with Crippen molar-refractivity contribution in [1.29, 1.82) is 0 Å². The van der Waals surface area contributed by atoms with Crippen LogP contribution in [-0.2, 0) is 4.74 Å². The van der Waals surface area contributed by atoms with Gasteiger partial charge in [0.1, 0.15) is 0 Å². The second-order valence-electron chi connectivity index (χ2n) is 3.98. The maximum absolute atomic E-state index is 5.10. The molecule has 0 aromatic heterocycles. The van der Waals surface area contributed by atoms with Crippen LogP contribution >= 0.6 is 0 Å². The number of ether oxygens (including phenoxy) is 1. The van der Waals surface area contributed by atoms with Gasteiger partial charge in [0.2, 0.25) is 0 Å². The van der Waals surface area contributed by atoms with E-state index >= 15 is 0 Å². The van der Waals surface area contributed by atoms with Crippen LogP contribution in [0.15, 0.2) is 0 Å². The van der Waals surface area contributed by atoms with Crippen molar-refractivity contribution in [2.24, 2.45) is 0 Å². The minimum atomic E-state index is 0.639. The fourth-order valence-corrected chi connectivity index (χ4v) is 1.72. The van der Waals surface area contributed by atoms with Crippen molar-refractivity contribution < 1.29 is 4.74 Å². The lowest BCUT2D eigenvalue weighted by molar-refractivity contribution is 0.130. The first-order valence-electron chi connectivity index (χ1n) is 5.20. The van der Waals surface area contributed by atoms with Crippen LogP contribution in [0.25, 0.3) is 0 Å². The first-order chi connectivity index (χ1) is 6.24. The van der Waals surface area contributed by atoms with Crippen molar-refractivity contribution in [3.63, 3.8) is 0 Å². The van der Waals surface area contributed by atoms with E-state index in [1.807, 2.05) is 0 Å². The van der Waals surface area contributed by atoms with E-state index in [1.165, 1.54) is 13.0 Å². The average molecular weight is 186 g/mol. The Bertz CT molecular complexity index is 141. The van der Waals surface area contributed by atoms with E-state index < -0.39 is 0 Å². The van der Waals surface area contributed by atoms with Crippen molar-refractivity contribution in [2.75, 3.05) is 33.4 Å². The molecule has 0 spiro atoms. The average Bonchev–Trinajstić information content (AvgIpc) is 2.28. The molecule has 0 aliphatic carbocycles. The lowest BCUT2D eigenvalue weighted by Crippen LogP contribution is -2.39. The Morgan fingerprint density at radius 1 is 1.46 bits per heavy atom. The molecule has 0 bridgehead atoms. The van der Waals surface area contributed by atoms with E-state index in [0.29, 0.717) is 12.1 Å². The van der Waals surface area contributed by atoms with Crippen LogP contribution in [0.3, 0.4) is 0 Å². The maximum Gasteiger partial charge on any atom is 0.0589 e. The summed E-state index contributed by atoms with van der Waals surface area (Å²) >= 11 is 0. The molecule has 1 aliphatic heterocycles. The number of hydrogen-bond donors (Lipinski definition) is 1. The molecule has 0 radical (unpaired) electrons. The predicted octanol–water partition coefficient (Wildman–Crippen LogP) is 0.705. The summed E-state index contributed by atoms with van der Waals surface area (Å²) in [4.78, 5) is 2.50. The predicted molar refractivity (Wildman–Crippen MR) is 55.0 cm³/mol. The highest BCUT2D eigenvalue weighted by atomic mass is 16.5.